The summed E-state index contributed by atoms with van der Waals surface area (Å²) in [6.07, 6.45) is 2.63. The zero-order valence-corrected chi connectivity index (χ0v) is 21.0. The molecule has 186 valence electrons. The van der Waals surface area contributed by atoms with Crippen molar-refractivity contribution in [1.82, 2.24) is 25.1 Å². The lowest BCUT2D eigenvalue weighted by Gasteiger charge is -2.29. The highest BCUT2D eigenvalue weighted by atomic mass is 35.5. The first kappa shape index (κ1) is 24.0. The fraction of sp³-hybridized carbons (Fsp3) is 0.208. The number of nitrogens with zero attached hydrogens (tertiary/aromatic N) is 5. The van der Waals surface area contributed by atoms with Crippen molar-refractivity contribution in [2.24, 2.45) is 7.05 Å². The lowest BCUT2D eigenvalue weighted by molar-refractivity contribution is 0.463. The van der Waals surface area contributed by atoms with Gasteiger partial charge in [-0.1, -0.05) is 29.8 Å². The molecule has 12 heteroatoms. The maximum atomic E-state index is 12.9. The number of nitrogens with one attached hydrogen (secondary N) is 2. The Morgan fingerprint density at radius 3 is 2.50 bits per heavy atom. The van der Waals surface area contributed by atoms with E-state index in [4.69, 9.17) is 16.3 Å². The number of hydrogen-bond acceptors (Lipinski definition) is 8. The number of ether oxygens (including phenoxy) is 1. The van der Waals surface area contributed by atoms with Gasteiger partial charge >= 0.3 is 0 Å². The second-order valence-electron chi connectivity index (χ2n) is 8.18. The van der Waals surface area contributed by atoms with Crippen molar-refractivity contribution >= 4 is 33.3 Å². The molecule has 1 saturated heterocycles. The zero-order chi connectivity index (χ0) is 25.1. The van der Waals surface area contributed by atoms with E-state index in [1.54, 1.807) is 31.3 Å². The normalized spacial score (nSPS) is 14.0. The molecule has 4 aromatic rings. The molecule has 0 radical (unpaired) electrons. The summed E-state index contributed by atoms with van der Waals surface area (Å²) in [6.45, 7) is 3.77. The Hall–Kier alpha value is -3.67. The van der Waals surface area contributed by atoms with Gasteiger partial charge in [-0.05, 0) is 30.3 Å². The van der Waals surface area contributed by atoms with E-state index in [2.05, 4.69) is 30.0 Å². The molecule has 2 N–H and O–H groups in total. The molecule has 0 bridgehead atoms. The van der Waals surface area contributed by atoms with Crippen LogP contribution in [0.5, 0.6) is 11.6 Å². The van der Waals surface area contributed by atoms with Crippen LogP contribution in [0.15, 0.2) is 71.9 Å². The minimum atomic E-state index is -3.97. The first-order valence-electron chi connectivity index (χ1n) is 11.3. The molecule has 1 fully saturated rings. The molecule has 10 nitrogen and oxygen atoms in total. The summed E-state index contributed by atoms with van der Waals surface area (Å²) < 4.78 is 35.6. The number of halogens is 1. The number of rotatable bonds is 7. The van der Waals surface area contributed by atoms with Crippen molar-refractivity contribution in [3.05, 3.63) is 72.0 Å². The molecule has 2 aromatic heterocycles. The van der Waals surface area contributed by atoms with Crippen LogP contribution in [0.3, 0.4) is 0 Å². The van der Waals surface area contributed by atoms with Gasteiger partial charge in [0.05, 0.1) is 11.9 Å². The van der Waals surface area contributed by atoms with Gasteiger partial charge in [-0.2, -0.15) is 10.1 Å². The van der Waals surface area contributed by atoms with E-state index in [0.29, 0.717) is 22.0 Å². The fourth-order valence-electron chi connectivity index (χ4n) is 3.82. The quantitative estimate of drug-likeness (QED) is 0.376. The second-order valence-corrected chi connectivity index (χ2v) is 10.3. The maximum absolute atomic E-state index is 12.9. The molecular weight excluding hydrogens is 502 g/mol. The van der Waals surface area contributed by atoms with Crippen molar-refractivity contribution in [3.63, 3.8) is 0 Å². The summed E-state index contributed by atoms with van der Waals surface area (Å²) in [5, 5.41) is 7.73. The van der Waals surface area contributed by atoms with Crippen LogP contribution in [0.2, 0.25) is 5.02 Å². The van der Waals surface area contributed by atoms with Crippen molar-refractivity contribution < 1.29 is 13.2 Å². The lowest BCUT2D eigenvalue weighted by atomic mass is 10.1. The van der Waals surface area contributed by atoms with Crippen molar-refractivity contribution in [3.8, 4) is 22.9 Å². The minimum absolute atomic E-state index is 0.0114. The van der Waals surface area contributed by atoms with Gasteiger partial charge in [-0.25, -0.2) is 18.1 Å². The molecule has 0 aliphatic carbocycles. The number of anilines is 2. The highest BCUT2D eigenvalue weighted by Gasteiger charge is 2.20. The number of aryl methyl sites for hydroxylation is 1. The largest absolute Gasteiger partial charge is 0.439 e. The SMILES string of the molecule is Cn1cc(S(=O)(=O)Nc2nc(Oc3ccc(N4CCNCC4)cc3)cc(-c3ccccc3Cl)n2)cn1. The molecule has 5 rings (SSSR count). The van der Waals surface area contributed by atoms with Crippen molar-refractivity contribution in [2.75, 3.05) is 35.8 Å². The lowest BCUT2D eigenvalue weighted by Crippen LogP contribution is -2.43. The topological polar surface area (TPSA) is 114 Å². The van der Waals surface area contributed by atoms with Gasteiger partial charge in [0.1, 0.15) is 10.6 Å². The van der Waals surface area contributed by atoms with E-state index < -0.39 is 10.0 Å². The highest BCUT2D eigenvalue weighted by Crippen LogP contribution is 2.31. The van der Waals surface area contributed by atoms with Gasteiger partial charge in [0.2, 0.25) is 11.8 Å². The summed E-state index contributed by atoms with van der Waals surface area (Å²) in [5.41, 5.74) is 2.13. The first-order chi connectivity index (χ1) is 17.4. The Labute approximate surface area is 214 Å². The molecule has 0 spiro atoms. The minimum Gasteiger partial charge on any atom is -0.439 e. The summed E-state index contributed by atoms with van der Waals surface area (Å²) >= 11 is 6.39. The molecule has 3 heterocycles. The smallest absolute Gasteiger partial charge is 0.267 e. The zero-order valence-electron chi connectivity index (χ0n) is 19.4. The van der Waals surface area contributed by atoms with E-state index in [1.807, 2.05) is 30.3 Å². The van der Waals surface area contributed by atoms with Crippen LogP contribution in [-0.2, 0) is 17.1 Å². The third-order valence-corrected chi connectivity index (χ3v) is 7.22. The molecule has 0 unspecified atom stereocenters. The van der Waals surface area contributed by atoms with Crippen LogP contribution in [0, 0.1) is 0 Å². The van der Waals surface area contributed by atoms with E-state index in [1.165, 1.54) is 17.1 Å². The average Bonchev–Trinajstić information content (AvgIpc) is 3.32. The van der Waals surface area contributed by atoms with Crippen LogP contribution < -0.4 is 19.7 Å². The van der Waals surface area contributed by atoms with Crippen LogP contribution in [0.1, 0.15) is 0 Å². The number of aromatic nitrogens is 4. The van der Waals surface area contributed by atoms with Crippen LogP contribution >= 0.6 is 11.6 Å². The summed E-state index contributed by atoms with van der Waals surface area (Å²) in [4.78, 5) is 11.0. The van der Waals surface area contributed by atoms with E-state index in [9.17, 15) is 8.42 Å². The van der Waals surface area contributed by atoms with E-state index in [0.717, 1.165) is 31.9 Å². The number of benzene rings is 2. The Bertz CT molecular complexity index is 1470. The van der Waals surface area contributed by atoms with Crippen molar-refractivity contribution in [2.45, 2.75) is 4.90 Å². The van der Waals surface area contributed by atoms with Crippen LogP contribution in [-0.4, -0.2) is 54.3 Å². The molecule has 1 aliphatic heterocycles. The molecular formula is C24H24ClN7O3S. The molecule has 1 aliphatic rings. The fourth-order valence-corrected chi connectivity index (χ4v) is 4.97. The molecule has 2 aromatic carbocycles. The Morgan fingerprint density at radius 1 is 1.06 bits per heavy atom. The van der Waals surface area contributed by atoms with Crippen LogP contribution in [0.25, 0.3) is 11.3 Å². The third-order valence-electron chi connectivity index (χ3n) is 5.61. The molecule has 0 saturated carbocycles. The summed E-state index contributed by atoms with van der Waals surface area (Å²) in [6, 6.07) is 16.4. The van der Waals surface area contributed by atoms with Gasteiger partial charge in [-0.15, -0.1) is 0 Å². The molecule has 0 atom stereocenters. The number of sulfonamides is 1. The van der Waals surface area contributed by atoms with Gasteiger partial charge in [0, 0.05) is 61.8 Å². The monoisotopic (exact) mass is 525 g/mol. The van der Waals surface area contributed by atoms with Gasteiger partial charge in [-0.3, -0.25) is 4.68 Å². The summed E-state index contributed by atoms with van der Waals surface area (Å²) in [5.74, 6) is 0.571. The molecule has 0 amide bonds. The Kier molecular flexibility index (Phi) is 6.77. The second kappa shape index (κ2) is 10.1. The van der Waals surface area contributed by atoms with Gasteiger partial charge in [0.25, 0.3) is 10.0 Å². The van der Waals surface area contributed by atoms with Gasteiger partial charge in [0.15, 0.2) is 0 Å². The average molecular weight is 526 g/mol. The number of hydrogen-bond donors (Lipinski definition) is 2. The Morgan fingerprint density at radius 2 is 1.81 bits per heavy atom. The van der Waals surface area contributed by atoms with Crippen molar-refractivity contribution in [1.29, 1.82) is 0 Å². The first-order valence-corrected chi connectivity index (χ1v) is 13.1. The van der Waals surface area contributed by atoms with Crippen LogP contribution in [0.4, 0.5) is 11.6 Å². The van der Waals surface area contributed by atoms with E-state index in [-0.39, 0.29) is 16.7 Å². The third kappa shape index (κ3) is 5.43. The molecule has 36 heavy (non-hydrogen) atoms. The van der Waals surface area contributed by atoms with Gasteiger partial charge < -0.3 is 15.0 Å². The standard InChI is InChI=1S/C24H24ClN7O3S/c1-31-16-19(15-27-31)36(33,34)30-24-28-22(20-4-2-3-5-21(20)25)14-23(29-24)35-18-8-6-17(7-9-18)32-12-10-26-11-13-32/h2-9,14-16,26H,10-13H2,1H3,(H,28,29,30). The predicted molar refractivity (Wildman–Crippen MR) is 138 cm³/mol. The van der Waals surface area contributed by atoms with E-state index >= 15 is 0 Å². The summed E-state index contributed by atoms with van der Waals surface area (Å²) in [7, 11) is -2.33. The highest BCUT2D eigenvalue weighted by molar-refractivity contribution is 7.92. The Balaban J connectivity index is 1.46. The number of piperazine rings is 1. The predicted octanol–water partition coefficient (Wildman–Crippen LogP) is 3.53. The maximum Gasteiger partial charge on any atom is 0.267 e.